The van der Waals surface area contributed by atoms with Crippen molar-refractivity contribution in [3.8, 4) is 11.1 Å². The third-order valence-corrected chi connectivity index (χ3v) is 2.88. The van der Waals surface area contributed by atoms with Crippen molar-refractivity contribution in [2.45, 2.75) is 0 Å². The van der Waals surface area contributed by atoms with Crippen molar-refractivity contribution in [3.63, 3.8) is 0 Å². The number of hydrogen-bond acceptors (Lipinski definition) is 0. The zero-order valence-corrected chi connectivity index (χ0v) is 11.7. The zero-order chi connectivity index (χ0) is 11.0. The van der Waals surface area contributed by atoms with Gasteiger partial charge >= 0.3 is 0 Å². The molecule has 0 fully saturated rings. The summed E-state index contributed by atoms with van der Waals surface area (Å²) in [4.78, 5) is 3.29. The molecule has 0 radical (unpaired) electrons. The van der Waals surface area contributed by atoms with E-state index in [-0.39, 0.29) is 24.0 Å². The second-order valence-corrected chi connectivity index (χ2v) is 4.00. The van der Waals surface area contributed by atoms with Crippen LogP contribution in [0.25, 0.3) is 22.0 Å². The molecular formula is C14H13IN2. The van der Waals surface area contributed by atoms with E-state index in [9.17, 15) is 0 Å². The van der Waals surface area contributed by atoms with Crippen molar-refractivity contribution >= 4 is 10.9 Å². The normalized spacial score (nSPS) is 10.2. The van der Waals surface area contributed by atoms with Crippen LogP contribution in [0.4, 0.5) is 0 Å². The first kappa shape index (κ1) is 12.1. The number of H-pyrrole nitrogens is 1. The minimum Gasteiger partial charge on any atom is -1.00 e. The van der Waals surface area contributed by atoms with Crippen LogP contribution in [-0.4, -0.2) is 4.98 Å². The van der Waals surface area contributed by atoms with E-state index in [1.54, 1.807) is 0 Å². The maximum Gasteiger partial charge on any atom is 0.169 e. The highest BCUT2D eigenvalue weighted by Gasteiger charge is 2.05. The van der Waals surface area contributed by atoms with Gasteiger partial charge < -0.3 is 29.0 Å². The van der Waals surface area contributed by atoms with Crippen LogP contribution in [0.5, 0.6) is 0 Å². The van der Waals surface area contributed by atoms with Gasteiger partial charge in [0, 0.05) is 23.9 Å². The number of nitrogens with one attached hydrogen (secondary N) is 1. The van der Waals surface area contributed by atoms with Gasteiger partial charge in [0.2, 0.25) is 0 Å². The van der Waals surface area contributed by atoms with E-state index < -0.39 is 0 Å². The molecule has 0 aliphatic rings. The minimum absolute atomic E-state index is 0. The Bertz CT molecular complexity index is 626. The van der Waals surface area contributed by atoms with E-state index >= 15 is 0 Å². The SMILES string of the molecule is C[n+]1ccc(-c2cccc3cc[nH]c23)cc1.[I-]. The molecule has 0 spiro atoms. The summed E-state index contributed by atoms with van der Waals surface area (Å²) in [5, 5.41) is 1.26. The number of halogens is 1. The molecule has 0 saturated carbocycles. The predicted molar refractivity (Wildman–Crippen MR) is 64.9 cm³/mol. The third-order valence-electron chi connectivity index (χ3n) is 2.88. The molecule has 1 aromatic carbocycles. The second-order valence-electron chi connectivity index (χ2n) is 4.00. The number of rotatable bonds is 1. The number of benzene rings is 1. The van der Waals surface area contributed by atoms with Gasteiger partial charge in [-0.25, -0.2) is 4.57 Å². The van der Waals surface area contributed by atoms with Crippen LogP contribution in [0.15, 0.2) is 55.0 Å². The van der Waals surface area contributed by atoms with Crippen molar-refractivity contribution in [2.24, 2.45) is 7.05 Å². The summed E-state index contributed by atoms with van der Waals surface area (Å²) in [7, 11) is 2.03. The predicted octanol–water partition coefficient (Wildman–Crippen LogP) is -0.337. The Balaban J connectivity index is 0.00000108. The lowest BCUT2D eigenvalue weighted by molar-refractivity contribution is -0.671. The van der Waals surface area contributed by atoms with E-state index in [0.717, 1.165) is 0 Å². The molecular weight excluding hydrogens is 323 g/mol. The van der Waals surface area contributed by atoms with Crippen molar-refractivity contribution in [1.82, 2.24) is 4.98 Å². The molecule has 3 aromatic rings. The first-order valence-electron chi connectivity index (χ1n) is 5.36. The lowest BCUT2D eigenvalue weighted by Gasteiger charge is -2.02. The van der Waals surface area contributed by atoms with E-state index in [0.29, 0.717) is 0 Å². The number of aromatic amines is 1. The number of pyridine rings is 1. The van der Waals surface area contributed by atoms with Gasteiger partial charge in [-0.2, -0.15) is 0 Å². The quantitative estimate of drug-likeness (QED) is 0.464. The van der Waals surface area contributed by atoms with Crippen LogP contribution < -0.4 is 28.5 Å². The van der Waals surface area contributed by atoms with Crippen molar-refractivity contribution in [3.05, 3.63) is 55.0 Å². The average Bonchev–Trinajstić information content (AvgIpc) is 2.78. The monoisotopic (exact) mass is 336 g/mol. The number of para-hydroxylation sites is 1. The van der Waals surface area contributed by atoms with Crippen LogP contribution in [0, 0.1) is 0 Å². The fourth-order valence-electron chi connectivity index (χ4n) is 2.01. The van der Waals surface area contributed by atoms with Crippen LogP contribution >= 0.6 is 0 Å². The number of hydrogen-bond donors (Lipinski definition) is 1. The summed E-state index contributed by atoms with van der Waals surface area (Å²) < 4.78 is 2.04. The van der Waals surface area contributed by atoms with E-state index in [1.807, 2.05) is 17.8 Å². The fraction of sp³-hybridized carbons (Fsp3) is 0.0714. The third kappa shape index (κ3) is 2.20. The lowest BCUT2D eigenvalue weighted by Crippen LogP contribution is -3.00. The molecule has 0 unspecified atom stereocenters. The minimum atomic E-state index is 0. The highest BCUT2D eigenvalue weighted by Crippen LogP contribution is 2.26. The maximum atomic E-state index is 3.29. The van der Waals surface area contributed by atoms with Crippen molar-refractivity contribution < 1.29 is 28.5 Å². The Hall–Kier alpha value is -1.36. The van der Waals surface area contributed by atoms with Crippen molar-refractivity contribution in [2.75, 3.05) is 0 Å². The largest absolute Gasteiger partial charge is 1.00 e. The second kappa shape index (κ2) is 4.87. The number of aryl methyl sites for hydroxylation is 1. The molecule has 86 valence electrons. The van der Waals surface area contributed by atoms with E-state index in [2.05, 4.69) is 53.8 Å². The summed E-state index contributed by atoms with van der Waals surface area (Å²) in [6.45, 7) is 0. The number of fused-ring (bicyclic) bond motifs is 1. The molecule has 3 heteroatoms. The van der Waals surface area contributed by atoms with Gasteiger partial charge in [-0.1, -0.05) is 18.2 Å². The topological polar surface area (TPSA) is 19.7 Å². The highest BCUT2D eigenvalue weighted by atomic mass is 127. The van der Waals surface area contributed by atoms with E-state index in [1.165, 1.54) is 22.0 Å². The fourth-order valence-corrected chi connectivity index (χ4v) is 2.01. The molecule has 2 aromatic heterocycles. The molecule has 0 atom stereocenters. The smallest absolute Gasteiger partial charge is 0.169 e. The van der Waals surface area contributed by atoms with Crippen LogP contribution in [-0.2, 0) is 7.05 Å². The summed E-state index contributed by atoms with van der Waals surface area (Å²) in [6, 6.07) is 12.7. The molecule has 3 rings (SSSR count). The first-order chi connectivity index (χ1) is 7.84. The Morgan fingerprint density at radius 1 is 1.00 bits per heavy atom. The summed E-state index contributed by atoms with van der Waals surface area (Å²) >= 11 is 0. The number of aromatic nitrogens is 2. The molecule has 1 N–H and O–H groups in total. The van der Waals surface area contributed by atoms with Gasteiger partial charge in [0.25, 0.3) is 0 Å². The molecule has 0 saturated heterocycles. The molecule has 0 bridgehead atoms. The van der Waals surface area contributed by atoms with Gasteiger partial charge in [0.1, 0.15) is 7.05 Å². The van der Waals surface area contributed by atoms with Crippen LogP contribution in [0.2, 0.25) is 0 Å². The summed E-state index contributed by atoms with van der Waals surface area (Å²) in [6.07, 6.45) is 6.12. The van der Waals surface area contributed by atoms with Gasteiger partial charge in [0.05, 0.1) is 5.52 Å². The van der Waals surface area contributed by atoms with E-state index in [4.69, 9.17) is 0 Å². The van der Waals surface area contributed by atoms with Gasteiger partial charge in [-0.05, 0) is 17.0 Å². The van der Waals surface area contributed by atoms with Crippen LogP contribution in [0.1, 0.15) is 0 Å². The Labute approximate surface area is 117 Å². The molecule has 2 nitrogen and oxygen atoms in total. The average molecular weight is 336 g/mol. The maximum absolute atomic E-state index is 3.29. The molecule has 17 heavy (non-hydrogen) atoms. The zero-order valence-electron chi connectivity index (χ0n) is 9.52. The Kier molecular flexibility index (Phi) is 3.47. The van der Waals surface area contributed by atoms with Crippen molar-refractivity contribution in [1.29, 1.82) is 0 Å². The van der Waals surface area contributed by atoms with Gasteiger partial charge in [0.15, 0.2) is 12.4 Å². The summed E-state index contributed by atoms with van der Waals surface area (Å²) in [5.41, 5.74) is 3.70. The number of nitrogens with zero attached hydrogens (tertiary/aromatic N) is 1. The molecule has 0 aliphatic heterocycles. The van der Waals surface area contributed by atoms with Gasteiger partial charge in [-0.3, -0.25) is 0 Å². The Morgan fingerprint density at radius 3 is 2.53 bits per heavy atom. The lowest BCUT2D eigenvalue weighted by atomic mass is 10.0. The summed E-state index contributed by atoms with van der Waals surface area (Å²) in [5.74, 6) is 0. The first-order valence-corrected chi connectivity index (χ1v) is 5.36. The van der Waals surface area contributed by atoms with Gasteiger partial charge in [-0.15, -0.1) is 0 Å². The standard InChI is InChI=1S/C14H12N2.HI/c1-16-9-6-11(7-10-16)13-4-2-3-12-5-8-15-14(12)13;/h2-10H,1H3;1H. The molecule has 0 aliphatic carbocycles. The molecule has 2 heterocycles. The van der Waals surface area contributed by atoms with Crippen LogP contribution in [0.3, 0.4) is 0 Å². The highest BCUT2D eigenvalue weighted by molar-refractivity contribution is 5.93. The Morgan fingerprint density at radius 2 is 1.76 bits per heavy atom. The molecule has 0 amide bonds.